The molecule has 0 aromatic carbocycles. The number of carboxylic acids is 1. The van der Waals surface area contributed by atoms with Gasteiger partial charge in [-0.25, -0.2) is 18.6 Å². The van der Waals surface area contributed by atoms with Crippen molar-refractivity contribution in [3.05, 3.63) is 26.9 Å². The molecule has 7 heteroatoms. The molecule has 3 nitrogen and oxygen atoms in total. The van der Waals surface area contributed by atoms with E-state index in [4.69, 9.17) is 16.7 Å². The van der Waals surface area contributed by atoms with Crippen LogP contribution in [0.15, 0.2) is 10.7 Å². The number of carbonyl (C=O) groups is 1. The van der Waals surface area contributed by atoms with E-state index in [1.165, 1.54) is 0 Å². The van der Waals surface area contributed by atoms with Crippen molar-refractivity contribution < 1.29 is 18.7 Å². The third-order valence-corrected chi connectivity index (χ3v) is 2.26. The van der Waals surface area contributed by atoms with Gasteiger partial charge in [-0.05, 0) is 22.0 Å². The first-order valence-corrected chi connectivity index (χ1v) is 4.48. The highest BCUT2D eigenvalue weighted by molar-refractivity contribution is 9.10. The zero-order chi connectivity index (χ0) is 10.9. The van der Waals surface area contributed by atoms with Crippen LogP contribution in [0.5, 0.6) is 0 Å². The number of hydrogen-bond acceptors (Lipinski definition) is 2. The first-order valence-electron chi connectivity index (χ1n) is 3.31. The van der Waals surface area contributed by atoms with Crippen molar-refractivity contribution in [1.82, 2.24) is 4.98 Å². The molecule has 1 aromatic rings. The average Bonchev–Trinajstić information content (AvgIpc) is 2.01. The summed E-state index contributed by atoms with van der Waals surface area (Å²) in [5, 5.41) is 8.37. The van der Waals surface area contributed by atoms with Gasteiger partial charge < -0.3 is 5.11 Å². The Morgan fingerprint density at radius 1 is 1.64 bits per heavy atom. The molecule has 0 aliphatic rings. The Kier molecular flexibility index (Phi) is 3.38. The number of pyridine rings is 1. The fourth-order valence-electron chi connectivity index (χ4n) is 0.804. The monoisotopic (exact) mass is 285 g/mol. The second-order valence-electron chi connectivity index (χ2n) is 2.30. The van der Waals surface area contributed by atoms with E-state index in [2.05, 4.69) is 20.9 Å². The quantitative estimate of drug-likeness (QED) is 0.850. The highest BCUT2D eigenvalue weighted by Gasteiger charge is 2.19. The van der Waals surface area contributed by atoms with Crippen molar-refractivity contribution in [1.29, 1.82) is 0 Å². The Labute approximate surface area is 90.8 Å². The number of aromatic carboxylic acids is 1. The first-order chi connectivity index (χ1) is 6.43. The molecule has 0 aliphatic heterocycles. The lowest BCUT2D eigenvalue weighted by Crippen LogP contribution is -2.03. The summed E-state index contributed by atoms with van der Waals surface area (Å²) < 4.78 is 24.1. The number of rotatable bonds is 2. The Bertz CT molecular complexity index is 363. The molecule has 0 fully saturated rings. The van der Waals surface area contributed by atoms with E-state index < -0.39 is 18.1 Å². The summed E-state index contributed by atoms with van der Waals surface area (Å²) in [6, 6.07) is 0.834. The van der Waals surface area contributed by atoms with E-state index in [0.29, 0.717) is 0 Å². The molecule has 0 bridgehead atoms. The van der Waals surface area contributed by atoms with Crippen LogP contribution in [-0.2, 0) is 0 Å². The van der Waals surface area contributed by atoms with Crippen molar-refractivity contribution in [2.24, 2.45) is 0 Å². The zero-order valence-electron chi connectivity index (χ0n) is 6.47. The molecule has 1 heterocycles. The molecule has 14 heavy (non-hydrogen) atoms. The normalized spacial score (nSPS) is 10.6. The Balaban J connectivity index is 3.32. The topological polar surface area (TPSA) is 50.2 Å². The minimum atomic E-state index is -2.79. The minimum absolute atomic E-state index is 0.201. The molecular formula is C7H3BrClF2NO2. The van der Waals surface area contributed by atoms with Gasteiger partial charge in [-0.3, -0.25) is 0 Å². The summed E-state index contributed by atoms with van der Waals surface area (Å²) in [5.41, 5.74) is -0.886. The Morgan fingerprint density at radius 3 is 2.57 bits per heavy atom. The van der Waals surface area contributed by atoms with Crippen molar-refractivity contribution in [2.45, 2.75) is 6.43 Å². The van der Waals surface area contributed by atoms with Crippen LogP contribution in [0.25, 0.3) is 0 Å². The zero-order valence-corrected chi connectivity index (χ0v) is 8.81. The third kappa shape index (κ3) is 2.19. The van der Waals surface area contributed by atoms with E-state index >= 15 is 0 Å². The fraction of sp³-hybridized carbons (Fsp3) is 0.143. The lowest BCUT2D eigenvalue weighted by molar-refractivity contribution is 0.0694. The van der Waals surface area contributed by atoms with Crippen molar-refractivity contribution in [3.63, 3.8) is 0 Å². The molecule has 0 unspecified atom stereocenters. The number of carboxylic acid groups (broad SMARTS) is 1. The van der Waals surface area contributed by atoms with Gasteiger partial charge >= 0.3 is 5.97 Å². The SMILES string of the molecule is O=C(O)c1c(Cl)cc(C(F)F)nc1Br. The molecule has 0 atom stereocenters. The van der Waals surface area contributed by atoms with Gasteiger partial charge in [-0.1, -0.05) is 11.6 Å². The summed E-state index contributed by atoms with van der Waals surface area (Å²) >= 11 is 8.25. The van der Waals surface area contributed by atoms with Crippen LogP contribution in [0.1, 0.15) is 22.5 Å². The maximum atomic E-state index is 12.2. The van der Waals surface area contributed by atoms with Crippen LogP contribution in [0.3, 0.4) is 0 Å². The van der Waals surface area contributed by atoms with Crippen LogP contribution in [0, 0.1) is 0 Å². The van der Waals surface area contributed by atoms with Crippen LogP contribution in [-0.4, -0.2) is 16.1 Å². The number of aromatic nitrogens is 1. The molecule has 1 rings (SSSR count). The van der Waals surface area contributed by atoms with Crippen molar-refractivity contribution in [2.75, 3.05) is 0 Å². The molecule has 0 aliphatic carbocycles. The highest BCUT2D eigenvalue weighted by atomic mass is 79.9. The number of alkyl halides is 2. The molecule has 0 radical (unpaired) electrons. The van der Waals surface area contributed by atoms with Crippen LogP contribution < -0.4 is 0 Å². The molecule has 0 saturated carbocycles. The smallest absolute Gasteiger partial charge is 0.339 e. The predicted octanol–water partition coefficient (Wildman–Crippen LogP) is 3.13. The molecule has 1 N–H and O–H groups in total. The summed E-state index contributed by atoms with van der Waals surface area (Å²) in [4.78, 5) is 13.9. The average molecular weight is 286 g/mol. The van der Waals surface area contributed by atoms with E-state index in [9.17, 15) is 13.6 Å². The first kappa shape index (κ1) is 11.3. The van der Waals surface area contributed by atoms with Gasteiger partial charge in [0.2, 0.25) is 0 Å². The lowest BCUT2D eigenvalue weighted by atomic mass is 10.2. The van der Waals surface area contributed by atoms with Gasteiger partial charge in [0.05, 0.1) is 5.02 Å². The summed E-state index contributed by atoms with van der Waals surface area (Å²) in [6.45, 7) is 0. The summed E-state index contributed by atoms with van der Waals surface area (Å²) in [6.07, 6.45) is -2.79. The fourth-order valence-corrected chi connectivity index (χ4v) is 1.79. The number of halogens is 4. The molecule has 0 saturated heterocycles. The van der Waals surface area contributed by atoms with Crippen LogP contribution in [0.2, 0.25) is 5.02 Å². The van der Waals surface area contributed by atoms with Crippen LogP contribution in [0.4, 0.5) is 8.78 Å². The van der Waals surface area contributed by atoms with Gasteiger partial charge in [-0.15, -0.1) is 0 Å². The van der Waals surface area contributed by atoms with Gasteiger partial charge in [0, 0.05) is 0 Å². The molecule has 1 aromatic heterocycles. The van der Waals surface area contributed by atoms with Crippen molar-refractivity contribution >= 4 is 33.5 Å². The second-order valence-corrected chi connectivity index (χ2v) is 3.46. The lowest BCUT2D eigenvalue weighted by Gasteiger charge is -2.04. The van der Waals surface area contributed by atoms with E-state index in [-0.39, 0.29) is 15.2 Å². The largest absolute Gasteiger partial charge is 0.478 e. The molecule has 0 amide bonds. The predicted molar refractivity (Wildman–Crippen MR) is 48.9 cm³/mol. The number of hydrogen-bond donors (Lipinski definition) is 1. The van der Waals surface area contributed by atoms with Gasteiger partial charge in [0.25, 0.3) is 6.43 Å². The van der Waals surface area contributed by atoms with E-state index in [1.807, 2.05) is 0 Å². The van der Waals surface area contributed by atoms with Gasteiger partial charge in [0.1, 0.15) is 15.9 Å². The third-order valence-electron chi connectivity index (χ3n) is 1.38. The van der Waals surface area contributed by atoms with Gasteiger partial charge in [0.15, 0.2) is 0 Å². The van der Waals surface area contributed by atoms with E-state index in [0.717, 1.165) is 6.07 Å². The molecule has 76 valence electrons. The molecular weight excluding hydrogens is 283 g/mol. The van der Waals surface area contributed by atoms with Crippen LogP contribution >= 0.6 is 27.5 Å². The van der Waals surface area contributed by atoms with E-state index in [1.54, 1.807) is 0 Å². The molecule has 0 spiro atoms. The minimum Gasteiger partial charge on any atom is -0.478 e. The van der Waals surface area contributed by atoms with Gasteiger partial charge in [-0.2, -0.15) is 0 Å². The maximum Gasteiger partial charge on any atom is 0.339 e. The second kappa shape index (κ2) is 4.18. The standard InChI is InChI=1S/C7H3BrClF2NO2/c8-5-4(7(13)14)2(9)1-3(12-5)6(10)11/h1,6H,(H,13,14). The maximum absolute atomic E-state index is 12.2. The highest BCUT2D eigenvalue weighted by Crippen LogP contribution is 2.28. The number of nitrogens with zero attached hydrogens (tertiary/aromatic N) is 1. The Hall–Kier alpha value is -0.750. The Morgan fingerprint density at radius 2 is 2.21 bits per heavy atom. The summed E-state index contributed by atoms with van der Waals surface area (Å²) in [5.74, 6) is -1.32. The van der Waals surface area contributed by atoms with Crippen molar-refractivity contribution in [3.8, 4) is 0 Å². The summed E-state index contributed by atoms with van der Waals surface area (Å²) in [7, 11) is 0.